The van der Waals surface area contributed by atoms with Gasteiger partial charge in [0.25, 0.3) is 0 Å². The number of hydrogen-bond donors (Lipinski definition) is 1. The summed E-state index contributed by atoms with van der Waals surface area (Å²) in [6.45, 7) is 0. The number of aromatic nitrogens is 3. The predicted molar refractivity (Wildman–Crippen MR) is 110 cm³/mol. The molecule has 8 heteroatoms. The molecule has 4 rings (SSSR count). The van der Waals surface area contributed by atoms with Crippen molar-refractivity contribution in [1.29, 1.82) is 0 Å². The SMILES string of the molecule is CS(=O)(=O)c1ccc(NC(=O)Cc2ccc(-c3ccn4ncnc4c3)cc2)cc1. The van der Waals surface area contributed by atoms with E-state index in [1.807, 2.05) is 42.6 Å². The van der Waals surface area contributed by atoms with E-state index in [2.05, 4.69) is 15.4 Å². The number of carbonyl (C=O) groups is 1. The minimum Gasteiger partial charge on any atom is -0.326 e. The van der Waals surface area contributed by atoms with Crippen LogP contribution in [0.1, 0.15) is 5.56 Å². The summed E-state index contributed by atoms with van der Waals surface area (Å²) in [5.41, 5.74) is 4.25. The van der Waals surface area contributed by atoms with Gasteiger partial charge < -0.3 is 5.32 Å². The van der Waals surface area contributed by atoms with Crippen molar-refractivity contribution in [3.05, 3.63) is 78.8 Å². The number of pyridine rings is 1. The molecule has 146 valence electrons. The van der Waals surface area contributed by atoms with E-state index in [1.165, 1.54) is 18.5 Å². The molecule has 0 atom stereocenters. The fourth-order valence-electron chi connectivity index (χ4n) is 2.99. The summed E-state index contributed by atoms with van der Waals surface area (Å²) in [5.74, 6) is -0.172. The number of amides is 1. The highest BCUT2D eigenvalue weighted by molar-refractivity contribution is 7.90. The molecule has 4 aromatic rings. The van der Waals surface area contributed by atoms with E-state index >= 15 is 0 Å². The molecule has 0 saturated carbocycles. The molecule has 1 amide bonds. The summed E-state index contributed by atoms with van der Waals surface area (Å²) in [6, 6.07) is 17.8. The van der Waals surface area contributed by atoms with E-state index < -0.39 is 9.84 Å². The highest BCUT2D eigenvalue weighted by Crippen LogP contribution is 2.21. The highest BCUT2D eigenvalue weighted by atomic mass is 32.2. The number of anilines is 1. The lowest BCUT2D eigenvalue weighted by atomic mass is 10.0. The van der Waals surface area contributed by atoms with Gasteiger partial charge in [0.15, 0.2) is 15.5 Å². The molecule has 0 aliphatic heterocycles. The van der Waals surface area contributed by atoms with Crippen molar-refractivity contribution in [2.75, 3.05) is 11.6 Å². The maximum Gasteiger partial charge on any atom is 0.228 e. The number of nitrogens with one attached hydrogen (secondary N) is 1. The lowest BCUT2D eigenvalue weighted by Crippen LogP contribution is -2.14. The Kier molecular flexibility index (Phi) is 4.85. The number of nitrogens with zero attached hydrogens (tertiary/aromatic N) is 3. The molecular weight excluding hydrogens is 388 g/mol. The molecule has 0 unspecified atom stereocenters. The van der Waals surface area contributed by atoms with Crippen molar-refractivity contribution < 1.29 is 13.2 Å². The van der Waals surface area contributed by atoms with Crippen molar-refractivity contribution in [3.8, 4) is 11.1 Å². The van der Waals surface area contributed by atoms with E-state index in [0.717, 1.165) is 28.6 Å². The van der Waals surface area contributed by atoms with Crippen molar-refractivity contribution in [2.45, 2.75) is 11.3 Å². The smallest absolute Gasteiger partial charge is 0.228 e. The van der Waals surface area contributed by atoms with Gasteiger partial charge in [-0.2, -0.15) is 5.10 Å². The summed E-state index contributed by atoms with van der Waals surface area (Å²) in [7, 11) is -3.25. The van der Waals surface area contributed by atoms with Crippen LogP contribution >= 0.6 is 0 Å². The molecule has 1 N–H and O–H groups in total. The van der Waals surface area contributed by atoms with Crippen LogP contribution in [0.3, 0.4) is 0 Å². The molecular formula is C21H18N4O3S. The Labute approximate surface area is 168 Å². The van der Waals surface area contributed by atoms with Gasteiger partial charge in [-0.05, 0) is 53.1 Å². The molecule has 0 radical (unpaired) electrons. The summed E-state index contributed by atoms with van der Waals surface area (Å²) < 4.78 is 24.7. The molecule has 0 aliphatic carbocycles. The normalized spacial score (nSPS) is 11.5. The molecule has 0 spiro atoms. The van der Waals surface area contributed by atoms with E-state index in [1.54, 1.807) is 16.6 Å². The summed E-state index contributed by atoms with van der Waals surface area (Å²) >= 11 is 0. The maximum absolute atomic E-state index is 12.3. The Morgan fingerprint density at radius 1 is 1.00 bits per heavy atom. The van der Waals surface area contributed by atoms with Gasteiger partial charge in [0.1, 0.15) is 6.33 Å². The molecule has 29 heavy (non-hydrogen) atoms. The van der Waals surface area contributed by atoms with Crippen LogP contribution in [0.15, 0.2) is 78.1 Å². The van der Waals surface area contributed by atoms with Crippen LogP contribution < -0.4 is 5.32 Å². The minimum absolute atomic E-state index is 0.172. The van der Waals surface area contributed by atoms with Crippen LogP contribution in [0.5, 0.6) is 0 Å². The van der Waals surface area contributed by atoms with Crippen molar-refractivity contribution >= 4 is 27.1 Å². The number of rotatable bonds is 5. The molecule has 7 nitrogen and oxygen atoms in total. The van der Waals surface area contributed by atoms with Crippen molar-refractivity contribution in [2.24, 2.45) is 0 Å². The van der Waals surface area contributed by atoms with Gasteiger partial charge in [0.2, 0.25) is 5.91 Å². The average molecular weight is 406 g/mol. The fraction of sp³-hybridized carbons (Fsp3) is 0.0952. The highest BCUT2D eigenvalue weighted by Gasteiger charge is 2.09. The standard InChI is InChI=1S/C21H18N4O3S/c1-29(27,28)19-8-6-18(7-9-19)24-21(26)12-15-2-4-16(5-3-15)17-10-11-25-20(13-17)22-14-23-25/h2-11,13-14H,12H2,1H3,(H,24,26). The van der Waals surface area contributed by atoms with Crippen LogP contribution in [0.2, 0.25) is 0 Å². The number of sulfone groups is 1. The molecule has 0 aliphatic rings. The van der Waals surface area contributed by atoms with E-state index in [-0.39, 0.29) is 17.2 Å². The fourth-order valence-corrected chi connectivity index (χ4v) is 3.62. The Morgan fingerprint density at radius 3 is 2.41 bits per heavy atom. The second-order valence-electron chi connectivity index (χ2n) is 6.70. The zero-order chi connectivity index (χ0) is 20.4. The van der Waals surface area contributed by atoms with Crippen molar-refractivity contribution in [3.63, 3.8) is 0 Å². The molecule has 2 aromatic heterocycles. The van der Waals surface area contributed by atoms with Gasteiger partial charge in [0, 0.05) is 18.1 Å². The van der Waals surface area contributed by atoms with E-state index in [0.29, 0.717) is 5.69 Å². The molecule has 0 bridgehead atoms. The third kappa shape index (κ3) is 4.33. The topological polar surface area (TPSA) is 93.4 Å². The van der Waals surface area contributed by atoms with Gasteiger partial charge in [-0.1, -0.05) is 24.3 Å². The Morgan fingerprint density at radius 2 is 1.72 bits per heavy atom. The maximum atomic E-state index is 12.3. The van der Waals surface area contributed by atoms with Gasteiger partial charge in [0.05, 0.1) is 11.3 Å². The number of benzene rings is 2. The van der Waals surface area contributed by atoms with Gasteiger partial charge in [-0.3, -0.25) is 4.79 Å². The van der Waals surface area contributed by atoms with Crippen LogP contribution in [0.25, 0.3) is 16.8 Å². The zero-order valence-corrected chi connectivity index (χ0v) is 16.4. The monoisotopic (exact) mass is 406 g/mol. The summed E-state index contributed by atoms with van der Waals surface area (Å²) in [6.07, 6.45) is 4.73. The largest absolute Gasteiger partial charge is 0.326 e. The zero-order valence-electron chi connectivity index (χ0n) is 15.6. The van der Waals surface area contributed by atoms with Crippen LogP contribution in [-0.4, -0.2) is 35.2 Å². The first-order chi connectivity index (χ1) is 13.9. The quantitative estimate of drug-likeness (QED) is 0.550. The third-order valence-corrected chi connectivity index (χ3v) is 5.63. The van der Waals surface area contributed by atoms with Crippen LogP contribution in [0, 0.1) is 0 Å². The van der Waals surface area contributed by atoms with E-state index in [4.69, 9.17) is 0 Å². The third-order valence-electron chi connectivity index (χ3n) is 4.50. The second kappa shape index (κ2) is 7.48. The average Bonchev–Trinajstić information content (AvgIpc) is 3.16. The predicted octanol–water partition coefficient (Wildman–Crippen LogP) is 2.98. The molecule has 2 heterocycles. The van der Waals surface area contributed by atoms with E-state index in [9.17, 15) is 13.2 Å². The van der Waals surface area contributed by atoms with Crippen molar-refractivity contribution in [1.82, 2.24) is 14.6 Å². The Bertz CT molecular complexity index is 1280. The molecule has 0 fully saturated rings. The first kappa shape index (κ1) is 18.8. The second-order valence-corrected chi connectivity index (χ2v) is 8.71. The van der Waals surface area contributed by atoms with Crippen LogP contribution in [0.4, 0.5) is 5.69 Å². The van der Waals surface area contributed by atoms with Gasteiger partial charge >= 0.3 is 0 Å². The minimum atomic E-state index is -3.25. The number of fused-ring (bicyclic) bond motifs is 1. The molecule has 2 aromatic carbocycles. The number of carbonyl (C=O) groups excluding carboxylic acids is 1. The van der Waals surface area contributed by atoms with Gasteiger partial charge in [-0.15, -0.1) is 0 Å². The Balaban J connectivity index is 1.42. The summed E-state index contributed by atoms with van der Waals surface area (Å²) in [4.78, 5) is 16.7. The van der Waals surface area contributed by atoms with Crippen LogP contribution in [-0.2, 0) is 21.1 Å². The lowest BCUT2D eigenvalue weighted by Gasteiger charge is -2.07. The summed E-state index contributed by atoms with van der Waals surface area (Å²) in [5, 5.41) is 6.86. The molecule has 0 saturated heterocycles. The number of hydrogen-bond acceptors (Lipinski definition) is 5. The lowest BCUT2D eigenvalue weighted by molar-refractivity contribution is -0.115. The van der Waals surface area contributed by atoms with Gasteiger partial charge in [-0.25, -0.2) is 17.9 Å². The Hall–Kier alpha value is -3.52. The first-order valence-corrected chi connectivity index (χ1v) is 10.8. The first-order valence-electron chi connectivity index (χ1n) is 8.87.